The van der Waals surface area contributed by atoms with Crippen molar-refractivity contribution in [2.24, 2.45) is 7.05 Å². The Morgan fingerprint density at radius 2 is 1.83 bits per heavy atom. The van der Waals surface area contributed by atoms with Crippen LogP contribution in [0.15, 0.2) is 85.3 Å². The third kappa shape index (κ3) is 4.81. The van der Waals surface area contributed by atoms with Gasteiger partial charge in [0.15, 0.2) is 11.5 Å². The molecule has 8 heteroatoms. The Hall–Kier alpha value is -4.72. The standard InChI is InChI=1S/C27H23N5O3/c1-32-16-22(26(31-32)19-11-13-28-14-12-19)27(33)30-20-9-10-24(34-2)25(15-20)35-17-21-8-7-18-5-3-4-6-23(18)29-21/h3-16H,17H2,1-2H3,(H,30,33). The smallest absolute Gasteiger partial charge is 0.259 e. The number of amides is 1. The highest BCUT2D eigenvalue weighted by Crippen LogP contribution is 2.31. The van der Waals surface area contributed by atoms with Crippen LogP contribution in [0.5, 0.6) is 11.5 Å². The van der Waals surface area contributed by atoms with Crippen LogP contribution < -0.4 is 14.8 Å². The van der Waals surface area contributed by atoms with Gasteiger partial charge >= 0.3 is 0 Å². The lowest BCUT2D eigenvalue weighted by Gasteiger charge is -2.13. The highest BCUT2D eigenvalue weighted by atomic mass is 16.5. The summed E-state index contributed by atoms with van der Waals surface area (Å²) in [5.74, 6) is 0.778. The number of hydrogen-bond donors (Lipinski definition) is 1. The molecular weight excluding hydrogens is 442 g/mol. The predicted molar refractivity (Wildman–Crippen MR) is 133 cm³/mol. The molecule has 1 N–H and O–H groups in total. The van der Waals surface area contributed by atoms with E-state index in [1.807, 2.05) is 48.5 Å². The number of anilines is 1. The Morgan fingerprint density at radius 1 is 1.00 bits per heavy atom. The molecule has 5 rings (SSSR count). The van der Waals surface area contributed by atoms with Crippen LogP contribution in [-0.2, 0) is 13.7 Å². The van der Waals surface area contributed by atoms with E-state index in [0.29, 0.717) is 28.4 Å². The molecule has 0 saturated carbocycles. The topological polar surface area (TPSA) is 91.2 Å². The number of ether oxygens (including phenoxy) is 2. The maximum atomic E-state index is 13.1. The number of nitrogens with zero attached hydrogens (tertiary/aromatic N) is 4. The maximum Gasteiger partial charge on any atom is 0.259 e. The first-order valence-electron chi connectivity index (χ1n) is 11.0. The van der Waals surface area contributed by atoms with Crippen LogP contribution >= 0.6 is 0 Å². The molecule has 3 heterocycles. The zero-order chi connectivity index (χ0) is 24.2. The summed E-state index contributed by atoms with van der Waals surface area (Å²) in [6.07, 6.45) is 5.03. The molecule has 0 unspecified atom stereocenters. The van der Waals surface area contributed by atoms with Crippen LogP contribution in [0.2, 0.25) is 0 Å². The van der Waals surface area contributed by atoms with Crippen molar-refractivity contribution in [3.05, 3.63) is 96.6 Å². The van der Waals surface area contributed by atoms with Crippen molar-refractivity contribution in [3.8, 4) is 22.8 Å². The van der Waals surface area contributed by atoms with E-state index in [-0.39, 0.29) is 12.5 Å². The molecule has 174 valence electrons. The van der Waals surface area contributed by atoms with Gasteiger partial charge in [-0.15, -0.1) is 0 Å². The highest BCUT2D eigenvalue weighted by molar-refractivity contribution is 6.08. The van der Waals surface area contributed by atoms with E-state index >= 15 is 0 Å². The van der Waals surface area contributed by atoms with Crippen molar-refractivity contribution in [1.29, 1.82) is 0 Å². The third-order valence-electron chi connectivity index (χ3n) is 5.48. The first-order chi connectivity index (χ1) is 17.1. The van der Waals surface area contributed by atoms with Crippen molar-refractivity contribution in [3.63, 3.8) is 0 Å². The maximum absolute atomic E-state index is 13.1. The Balaban J connectivity index is 1.35. The van der Waals surface area contributed by atoms with Gasteiger partial charge in [0.1, 0.15) is 12.3 Å². The van der Waals surface area contributed by atoms with Crippen molar-refractivity contribution >= 4 is 22.5 Å². The fourth-order valence-electron chi connectivity index (χ4n) is 3.78. The minimum atomic E-state index is -0.280. The molecule has 1 amide bonds. The zero-order valence-corrected chi connectivity index (χ0v) is 19.3. The monoisotopic (exact) mass is 465 g/mol. The van der Waals surface area contributed by atoms with Gasteiger partial charge in [-0.3, -0.25) is 14.5 Å². The van der Waals surface area contributed by atoms with Crippen LogP contribution in [-0.4, -0.2) is 32.8 Å². The van der Waals surface area contributed by atoms with Crippen LogP contribution in [0.25, 0.3) is 22.2 Å². The molecule has 0 bridgehead atoms. The van der Waals surface area contributed by atoms with E-state index in [0.717, 1.165) is 22.2 Å². The number of fused-ring (bicyclic) bond motifs is 1. The average molecular weight is 466 g/mol. The largest absolute Gasteiger partial charge is 0.493 e. The first-order valence-corrected chi connectivity index (χ1v) is 11.0. The lowest BCUT2D eigenvalue weighted by atomic mass is 10.1. The molecular formula is C27H23N5O3. The molecule has 0 radical (unpaired) electrons. The van der Waals surface area contributed by atoms with Gasteiger partial charge < -0.3 is 14.8 Å². The van der Waals surface area contributed by atoms with E-state index in [4.69, 9.17) is 9.47 Å². The van der Waals surface area contributed by atoms with Gasteiger partial charge in [-0.05, 0) is 36.4 Å². The van der Waals surface area contributed by atoms with Crippen LogP contribution in [0.3, 0.4) is 0 Å². The number of hydrogen-bond acceptors (Lipinski definition) is 6. The van der Waals surface area contributed by atoms with Crippen molar-refractivity contribution in [1.82, 2.24) is 19.7 Å². The van der Waals surface area contributed by atoms with Crippen LogP contribution in [0.1, 0.15) is 16.1 Å². The molecule has 2 aromatic carbocycles. The van der Waals surface area contributed by atoms with Crippen LogP contribution in [0.4, 0.5) is 5.69 Å². The number of rotatable bonds is 7. The Morgan fingerprint density at radius 3 is 2.66 bits per heavy atom. The summed E-state index contributed by atoms with van der Waals surface area (Å²) < 4.78 is 13.1. The second-order valence-corrected chi connectivity index (χ2v) is 7.90. The van der Waals surface area contributed by atoms with E-state index in [2.05, 4.69) is 20.4 Å². The number of pyridine rings is 2. The second-order valence-electron chi connectivity index (χ2n) is 7.90. The molecule has 3 aromatic heterocycles. The van der Waals surface area contributed by atoms with Gasteiger partial charge in [0.25, 0.3) is 5.91 Å². The summed E-state index contributed by atoms with van der Waals surface area (Å²) >= 11 is 0. The number of methoxy groups -OCH3 is 1. The van der Waals surface area contributed by atoms with Gasteiger partial charge in [0, 0.05) is 48.3 Å². The molecule has 35 heavy (non-hydrogen) atoms. The van der Waals surface area contributed by atoms with Crippen molar-refractivity contribution < 1.29 is 14.3 Å². The fraction of sp³-hybridized carbons (Fsp3) is 0.111. The Labute approximate surface area is 202 Å². The fourth-order valence-corrected chi connectivity index (χ4v) is 3.78. The molecule has 8 nitrogen and oxygen atoms in total. The summed E-state index contributed by atoms with van der Waals surface area (Å²) in [5, 5.41) is 8.46. The minimum Gasteiger partial charge on any atom is -0.493 e. The molecule has 0 aliphatic heterocycles. The molecule has 0 fully saturated rings. The molecule has 0 saturated heterocycles. The van der Waals surface area contributed by atoms with E-state index in [1.165, 1.54) is 0 Å². The van der Waals surface area contributed by atoms with Gasteiger partial charge in [-0.2, -0.15) is 5.10 Å². The van der Waals surface area contributed by atoms with E-state index in [9.17, 15) is 4.79 Å². The second kappa shape index (κ2) is 9.64. The Kier molecular flexibility index (Phi) is 6.09. The summed E-state index contributed by atoms with van der Waals surface area (Å²) in [4.78, 5) is 21.8. The number of benzene rings is 2. The van der Waals surface area contributed by atoms with Crippen molar-refractivity contribution in [2.75, 3.05) is 12.4 Å². The summed E-state index contributed by atoms with van der Waals surface area (Å²) in [7, 11) is 3.35. The SMILES string of the molecule is COc1ccc(NC(=O)c2cn(C)nc2-c2ccncc2)cc1OCc1ccc2ccccc2n1. The molecule has 0 aliphatic carbocycles. The number of aryl methyl sites for hydroxylation is 1. The van der Waals surface area contributed by atoms with Gasteiger partial charge in [0.05, 0.1) is 23.9 Å². The van der Waals surface area contributed by atoms with Crippen molar-refractivity contribution in [2.45, 2.75) is 6.61 Å². The number of carbonyl (C=O) groups is 1. The lowest BCUT2D eigenvalue weighted by molar-refractivity contribution is 0.102. The number of nitrogens with one attached hydrogen (secondary N) is 1. The summed E-state index contributed by atoms with van der Waals surface area (Å²) in [5.41, 5.74) is 4.12. The van der Waals surface area contributed by atoms with E-state index in [1.54, 1.807) is 55.6 Å². The minimum absolute atomic E-state index is 0.257. The molecule has 0 spiro atoms. The number of aromatic nitrogens is 4. The van der Waals surface area contributed by atoms with Crippen LogP contribution in [0, 0.1) is 0 Å². The van der Waals surface area contributed by atoms with Gasteiger partial charge in [-0.25, -0.2) is 4.98 Å². The number of carbonyl (C=O) groups excluding carboxylic acids is 1. The normalized spacial score (nSPS) is 10.8. The average Bonchev–Trinajstić information content (AvgIpc) is 3.30. The quantitative estimate of drug-likeness (QED) is 0.369. The lowest BCUT2D eigenvalue weighted by Crippen LogP contribution is -2.12. The highest BCUT2D eigenvalue weighted by Gasteiger charge is 2.18. The summed E-state index contributed by atoms with van der Waals surface area (Å²) in [6.45, 7) is 0.257. The molecule has 0 atom stereocenters. The summed E-state index contributed by atoms with van der Waals surface area (Å²) in [6, 6.07) is 20.8. The van der Waals surface area contributed by atoms with E-state index < -0.39 is 0 Å². The Bertz CT molecular complexity index is 1500. The molecule has 5 aromatic rings. The first kappa shape index (κ1) is 22.1. The third-order valence-corrected chi connectivity index (χ3v) is 5.48. The molecule has 0 aliphatic rings. The number of para-hydroxylation sites is 1. The van der Waals surface area contributed by atoms with Gasteiger partial charge in [0.2, 0.25) is 0 Å². The predicted octanol–water partition coefficient (Wildman–Crippen LogP) is 4.87. The zero-order valence-electron chi connectivity index (χ0n) is 19.3. The van der Waals surface area contributed by atoms with Gasteiger partial charge in [-0.1, -0.05) is 24.3 Å².